The van der Waals surface area contributed by atoms with Gasteiger partial charge in [-0.2, -0.15) is 5.26 Å². The molecule has 0 aliphatic heterocycles. The third kappa shape index (κ3) is 7.32. The Bertz CT molecular complexity index is 2150. The monoisotopic (exact) mass is 632 g/mol. The molecule has 0 spiro atoms. The highest BCUT2D eigenvalue weighted by atomic mass is 16.5. The average Bonchev–Trinajstić information content (AvgIpc) is 3.14. The van der Waals surface area contributed by atoms with Crippen molar-refractivity contribution in [3.63, 3.8) is 0 Å². The van der Waals surface area contributed by atoms with Crippen molar-refractivity contribution < 1.29 is 19.1 Å². The number of carbonyl (C=O) groups excluding carboxylic acids is 2. The standard InChI is InChI=1S/C40H30N2O4.C2H6/c1-26-35(25-45-36-14-13-34(23-44)40(18-36)46-24-30-15-29(19-41)20-42-21-30)5-3-7-38(26)39-8-4-6-37(27(39)2)33-12-11-31-16-28(22-43)9-10-32(31)17-33;1-2/h3-18,20-23H,24-25H2,1-2H3;1-2H3. The number of fused-ring (bicyclic) bond motifs is 1. The predicted molar refractivity (Wildman–Crippen MR) is 190 cm³/mol. The molecule has 0 atom stereocenters. The van der Waals surface area contributed by atoms with Crippen LogP contribution in [0.2, 0.25) is 0 Å². The number of benzene rings is 5. The van der Waals surface area contributed by atoms with E-state index in [1.54, 1.807) is 30.5 Å². The van der Waals surface area contributed by atoms with Crippen molar-refractivity contribution in [1.82, 2.24) is 4.98 Å². The molecule has 0 aliphatic carbocycles. The number of aromatic nitrogens is 1. The van der Waals surface area contributed by atoms with Gasteiger partial charge in [0.15, 0.2) is 6.29 Å². The van der Waals surface area contributed by atoms with E-state index in [9.17, 15) is 9.59 Å². The Morgan fingerprint density at radius 1 is 0.708 bits per heavy atom. The molecule has 238 valence electrons. The van der Waals surface area contributed by atoms with Crippen LogP contribution in [0.1, 0.15) is 62.4 Å². The molecule has 5 aromatic carbocycles. The first kappa shape index (κ1) is 33.3. The number of nitrogens with zero attached hydrogens (tertiary/aromatic N) is 2. The van der Waals surface area contributed by atoms with Crippen LogP contribution in [-0.2, 0) is 13.2 Å². The predicted octanol–water partition coefficient (Wildman–Crippen LogP) is 9.87. The molecule has 6 rings (SSSR count). The summed E-state index contributed by atoms with van der Waals surface area (Å²) in [6.45, 7) is 8.75. The van der Waals surface area contributed by atoms with Gasteiger partial charge in [-0.05, 0) is 93.9 Å². The fraction of sp³-hybridized carbons (Fsp3) is 0.143. The number of pyridine rings is 1. The highest BCUT2D eigenvalue weighted by Gasteiger charge is 2.14. The van der Waals surface area contributed by atoms with Crippen LogP contribution in [0.5, 0.6) is 11.5 Å². The molecule has 0 saturated heterocycles. The maximum atomic E-state index is 11.7. The number of hydrogen-bond acceptors (Lipinski definition) is 6. The Kier molecular flexibility index (Phi) is 10.7. The molecule has 6 aromatic rings. The molecule has 0 N–H and O–H groups in total. The van der Waals surface area contributed by atoms with E-state index < -0.39 is 0 Å². The summed E-state index contributed by atoms with van der Waals surface area (Å²) in [5.41, 5.74) is 10.1. The van der Waals surface area contributed by atoms with Gasteiger partial charge in [0, 0.05) is 29.6 Å². The first-order chi connectivity index (χ1) is 23.5. The molecule has 1 aromatic heterocycles. The van der Waals surface area contributed by atoms with Gasteiger partial charge in [-0.3, -0.25) is 14.6 Å². The molecule has 0 unspecified atom stereocenters. The van der Waals surface area contributed by atoms with E-state index in [1.165, 1.54) is 11.8 Å². The van der Waals surface area contributed by atoms with E-state index in [0.29, 0.717) is 34.8 Å². The van der Waals surface area contributed by atoms with Crippen LogP contribution in [-0.4, -0.2) is 17.6 Å². The molecule has 0 radical (unpaired) electrons. The van der Waals surface area contributed by atoms with E-state index in [1.807, 2.05) is 38.1 Å². The van der Waals surface area contributed by atoms with Crippen LogP contribution >= 0.6 is 0 Å². The van der Waals surface area contributed by atoms with Gasteiger partial charge >= 0.3 is 0 Å². The lowest BCUT2D eigenvalue weighted by atomic mass is 9.89. The van der Waals surface area contributed by atoms with Crippen molar-refractivity contribution in [1.29, 1.82) is 5.26 Å². The van der Waals surface area contributed by atoms with Gasteiger partial charge in [-0.15, -0.1) is 0 Å². The first-order valence-electron chi connectivity index (χ1n) is 15.8. The number of hydrogen-bond donors (Lipinski definition) is 0. The SMILES string of the molecule is CC.Cc1c(COc2ccc(C=O)c(OCc3cncc(C#N)c3)c2)cccc1-c1cccc(-c2ccc3cc(C=O)ccc3c2)c1C. The lowest BCUT2D eigenvalue weighted by Gasteiger charge is -2.17. The largest absolute Gasteiger partial charge is 0.489 e. The maximum Gasteiger partial charge on any atom is 0.153 e. The van der Waals surface area contributed by atoms with Crippen molar-refractivity contribution in [3.05, 3.63) is 148 Å². The van der Waals surface area contributed by atoms with E-state index in [2.05, 4.69) is 73.4 Å². The first-order valence-corrected chi connectivity index (χ1v) is 15.8. The molecule has 1 heterocycles. The number of aldehydes is 2. The molecule has 0 aliphatic rings. The number of rotatable bonds is 10. The summed E-state index contributed by atoms with van der Waals surface area (Å²) in [7, 11) is 0. The second-order valence-electron chi connectivity index (χ2n) is 11.1. The van der Waals surface area contributed by atoms with Gasteiger partial charge in [-0.1, -0.05) is 74.5 Å². The second kappa shape index (κ2) is 15.5. The highest BCUT2D eigenvalue weighted by Crippen LogP contribution is 2.36. The van der Waals surface area contributed by atoms with E-state index in [-0.39, 0.29) is 6.61 Å². The minimum Gasteiger partial charge on any atom is -0.489 e. The molecule has 0 amide bonds. The molecule has 0 fully saturated rings. The zero-order valence-corrected chi connectivity index (χ0v) is 27.5. The van der Waals surface area contributed by atoms with Crippen LogP contribution in [0.3, 0.4) is 0 Å². The van der Waals surface area contributed by atoms with Gasteiger partial charge in [-0.25, -0.2) is 0 Å². The molecular formula is C42H36N2O4. The quantitative estimate of drug-likeness (QED) is 0.140. The number of ether oxygens (including phenoxy) is 2. The van der Waals surface area contributed by atoms with Gasteiger partial charge in [0.05, 0.1) is 11.1 Å². The summed E-state index contributed by atoms with van der Waals surface area (Å²) in [5.74, 6) is 0.967. The average molecular weight is 633 g/mol. The van der Waals surface area contributed by atoms with Crippen LogP contribution in [0.25, 0.3) is 33.0 Å². The minimum atomic E-state index is 0.159. The summed E-state index contributed by atoms with van der Waals surface area (Å²) >= 11 is 0. The summed E-state index contributed by atoms with van der Waals surface area (Å²) in [6, 6.07) is 33.6. The van der Waals surface area contributed by atoms with Gasteiger partial charge < -0.3 is 9.47 Å². The lowest BCUT2D eigenvalue weighted by molar-refractivity contribution is 0.111. The summed E-state index contributed by atoms with van der Waals surface area (Å²) in [5, 5.41) is 11.3. The summed E-state index contributed by atoms with van der Waals surface area (Å²) in [4.78, 5) is 27.0. The van der Waals surface area contributed by atoms with Gasteiger partial charge in [0.1, 0.15) is 37.1 Å². The molecule has 6 nitrogen and oxygen atoms in total. The second-order valence-corrected chi connectivity index (χ2v) is 11.1. The summed E-state index contributed by atoms with van der Waals surface area (Å²) in [6.07, 6.45) is 4.73. The Hall–Kier alpha value is -6.06. The molecule has 48 heavy (non-hydrogen) atoms. The Morgan fingerprint density at radius 2 is 1.44 bits per heavy atom. The lowest BCUT2D eigenvalue weighted by Crippen LogP contribution is -2.02. The molecule has 6 heteroatoms. The third-order valence-corrected chi connectivity index (χ3v) is 8.21. The highest BCUT2D eigenvalue weighted by molar-refractivity contribution is 5.92. The Morgan fingerprint density at radius 3 is 2.21 bits per heavy atom. The van der Waals surface area contributed by atoms with Crippen LogP contribution < -0.4 is 9.47 Å². The minimum absolute atomic E-state index is 0.159. The molecule has 0 bridgehead atoms. The van der Waals surface area contributed by atoms with E-state index in [4.69, 9.17) is 14.7 Å². The number of nitriles is 1. The Labute approximate surface area is 281 Å². The molecular weight excluding hydrogens is 596 g/mol. The smallest absolute Gasteiger partial charge is 0.153 e. The van der Waals surface area contributed by atoms with E-state index >= 15 is 0 Å². The normalized spacial score (nSPS) is 10.4. The van der Waals surface area contributed by atoms with E-state index in [0.717, 1.165) is 62.3 Å². The van der Waals surface area contributed by atoms with Gasteiger partial charge in [0.2, 0.25) is 0 Å². The fourth-order valence-electron chi connectivity index (χ4n) is 5.65. The van der Waals surface area contributed by atoms with Crippen molar-refractivity contribution >= 4 is 23.3 Å². The maximum absolute atomic E-state index is 11.7. The third-order valence-electron chi connectivity index (χ3n) is 8.21. The molecule has 0 saturated carbocycles. The van der Waals surface area contributed by atoms with Crippen molar-refractivity contribution in [2.24, 2.45) is 0 Å². The van der Waals surface area contributed by atoms with Crippen LogP contribution in [0, 0.1) is 25.2 Å². The fourth-order valence-corrected chi connectivity index (χ4v) is 5.65. The van der Waals surface area contributed by atoms with Crippen molar-refractivity contribution in [3.8, 4) is 39.8 Å². The summed E-state index contributed by atoms with van der Waals surface area (Å²) < 4.78 is 12.1. The van der Waals surface area contributed by atoms with Gasteiger partial charge in [0.25, 0.3) is 0 Å². The van der Waals surface area contributed by atoms with Crippen molar-refractivity contribution in [2.45, 2.75) is 40.9 Å². The zero-order valence-electron chi connectivity index (χ0n) is 27.5. The van der Waals surface area contributed by atoms with Crippen LogP contribution in [0.4, 0.5) is 0 Å². The topological polar surface area (TPSA) is 89.3 Å². The number of carbonyl (C=O) groups is 2. The zero-order chi connectivity index (χ0) is 34.0. The van der Waals surface area contributed by atoms with Crippen LogP contribution in [0.15, 0.2) is 109 Å². The Balaban J connectivity index is 0.00000221. The van der Waals surface area contributed by atoms with Crippen molar-refractivity contribution in [2.75, 3.05) is 0 Å².